The van der Waals surface area contributed by atoms with Gasteiger partial charge in [-0.3, -0.25) is 0 Å². The summed E-state index contributed by atoms with van der Waals surface area (Å²) in [6.07, 6.45) is 2.85. The van der Waals surface area contributed by atoms with E-state index in [1.165, 1.54) is 12.1 Å². The third-order valence-corrected chi connectivity index (χ3v) is 4.36. The highest BCUT2D eigenvalue weighted by Crippen LogP contribution is 2.51. The van der Waals surface area contributed by atoms with Crippen molar-refractivity contribution in [2.45, 2.75) is 24.2 Å². The number of amidine groups is 1. The summed E-state index contributed by atoms with van der Waals surface area (Å²) in [6, 6.07) is 6.48. The average Bonchev–Trinajstić information content (AvgIpc) is 3.09. The van der Waals surface area contributed by atoms with Crippen molar-refractivity contribution in [2.24, 2.45) is 16.3 Å². The molecular weight excluding hydrogens is 239 g/mol. The van der Waals surface area contributed by atoms with E-state index in [4.69, 9.17) is 10.9 Å². The van der Waals surface area contributed by atoms with Gasteiger partial charge in [-0.05, 0) is 42.5 Å². The van der Waals surface area contributed by atoms with Crippen LogP contribution >= 0.6 is 11.8 Å². The monoisotopic (exact) mass is 254 g/mol. The van der Waals surface area contributed by atoms with E-state index < -0.39 is 0 Å². The van der Waals surface area contributed by atoms with Crippen LogP contribution < -0.4 is 5.73 Å². The lowest BCUT2D eigenvalue weighted by molar-refractivity contribution is 0.315. The second kappa shape index (κ2) is 4.96. The molecule has 5 heteroatoms. The van der Waals surface area contributed by atoms with Crippen molar-refractivity contribution >= 4 is 17.6 Å². The molecule has 0 spiro atoms. The largest absolute Gasteiger partial charge is 0.409 e. The molecule has 0 heterocycles. The first-order chi connectivity index (χ1) is 8.13. The summed E-state index contributed by atoms with van der Waals surface area (Å²) in [5.41, 5.74) is 5.71. The Bertz CT molecular complexity index is 415. The van der Waals surface area contributed by atoms with E-state index in [1.807, 2.05) is 0 Å². The Kier molecular flexibility index (Phi) is 3.57. The van der Waals surface area contributed by atoms with E-state index in [9.17, 15) is 4.39 Å². The lowest BCUT2D eigenvalue weighted by Gasteiger charge is -2.13. The minimum atomic E-state index is -0.216. The van der Waals surface area contributed by atoms with Crippen LogP contribution in [0.1, 0.15) is 19.3 Å². The Hall–Kier alpha value is -1.23. The molecule has 92 valence electrons. The quantitative estimate of drug-likeness (QED) is 0.279. The maximum atomic E-state index is 12.7. The number of benzene rings is 1. The summed E-state index contributed by atoms with van der Waals surface area (Å²) in [6.45, 7) is 0. The lowest BCUT2D eigenvalue weighted by Crippen LogP contribution is -2.19. The first-order valence-electron chi connectivity index (χ1n) is 5.48. The second-order valence-corrected chi connectivity index (χ2v) is 5.56. The molecule has 1 aliphatic carbocycles. The molecule has 17 heavy (non-hydrogen) atoms. The zero-order valence-corrected chi connectivity index (χ0v) is 10.2. The first-order valence-corrected chi connectivity index (χ1v) is 6.47. The zero-order valence-electron chi connectivity index (χ0n) is 9.40. The predicted molar refractivity (Wildman–Crippen MR) is 66.8 cm³/mol. The van der Waals surface area contributed by atoms with Gasteiger partial charge in [0.1, 0.15) is 11.7 Å². The number of nitrogens with zero attached hydrogens (tertiary/aromatic N) is 1. The molecule has 0 saturated heterocycles. The summed E-state index contributed by atoms with van der Waals surface area (Å²) in [7, 11) is 0. The summed E-state index contributed by atoms with van der Waals surface area (Å²) >= 11 is 1.69. The van der Waals surface area contributed by atoms with Crippen molar-refractivity contribution < 1.29 is 9.60 Å². The standard InChI is InChI=1S/C12H15FN2OS/c13-9-1-3-10(4-2-9)17-8-12(5-6-12)7-11(14)15-16/h1-4,16H,5-8H2,(H2,14,15). The van der Waals surface area contributed by atoms with Gasteiger partial charge in [-0.1, -0.05) is 5.16 Å². The van der Waals surface area contributed by atoms with Crippen LogP contribution in [0.4, 0.5) is 4.39 Å². The molecule has 0 bridgehead atoms. The Morgan fingerprint density at radius 2 is 2.06 bits per heavy atom. The fourth-order valence-electron chi connectivity index (χ4n) is 1.74. The minimum Gasteiger partial charge on any atom is -0.409 e. The lowest BCUT2D eigenvalue weighted by atomic mass is 10.1. The van der Waals surface area contributed by atoms with E-state index in [0.717, 1.165) is 23.5 Å². The molecule has 3 nitrogen and oxygen atoms in total. The number of rotatable bonds is 5. The highest BCUT2D eigenvalue weighted by atomic mass is 32.2. The summed E-state index contributed by atoms with van der Waals surface area (Å²) < 4.78 is 12.7. The maximum absolute atomic E-state index is 12.7. The molecule has 0 atom stereocenters. The molecule has 1 aromatic rings. The van der Waals surface area contributed by atoms with E-state index >= 15 is 0 Å². The fraction of sp³-hybridized carbons (Fsp3) is 0.417. The zero-order chi connectivity index (χ0) is 12.3. The molecule has 1 saturated carbocycles. The topological polar surface area (TPSA) is 58.6 Å². The van der Waals surface area contributed by atoms with Gasteiger partial charge in [-0.2, -0.15) is 0 Å². The maximum Gasteiger partial charge on any atom is 0.139 e. The molecule has 0 amide bonds. The molecule has 1 aromatic carbocycles. The number of hydrogen-bond acceptors (Lipinski definition) is 3. The summed E-state index contributed by atoms with van der Waals surface area (Å²) in [5, 5.41) is 11.6. The number of halogens is 1. The molecule has 1 aliphatic rings. The first kappa shape index (κ1) is 12.2. The highest BCUT2D eigenvalue weighted by Gasteiger charge is 2.43. The number of hydrogen-bond donors (Lipinski definition) is 2. The van der Waals surface area contributed by atoms with Crippen molar-refractivity contribution in [2.75, 3.05) is 5.75 Å². The number of thioether (sulfide) groups is 1. The molecular formula is C12H15FN2OS. The minimum absolute atomic E-state index is 0.176. The van der Waals surface area contributed by atoms with Crippen LogP contribution in [0.15, 0.2) is 34.3 Å². The summed E-state index contributed by atoms with van der Waals surface area (Å²) in [4.78, 5) is 1.05. The van der Waals surface area contributed by atoms with Gasteiger partial charge in [0.2, 0.25) is 0 Å². The van der Waals surface area contributed by atoms with Crippen LogP contribution in [-0.2, 0) is 0 Å². The van der Waals surface area contributed by atoms with Crippen molar-refractivity contribution in [3.8, 4) is 0 Å². The van der Waals surface area contributed by atoms with E-state index in [0.29, 0.717) is 12.3 Å². The third-order valence-electron chi connectivity index (χ3n) is 3.00. The molecule has 0 radical (unpaired) electrons. The highest BCUT2D eigenvalue weighted by molar-refractivity contribution is 7.99. The van der Waals surface area contributed by atoms with Gasteiger partial charge < -0.3 is 10.9 Å². The second-order valence-electron chi connectivity index (χ2n) is 4.51. The van der Waals surface area contributed by atoms with Crippen molar-refractivity contribution in [1.29, 1.82) is 0 Å². The van der Waals surface area contributed by atoms with E-state index in [1.54, 1.807) is 23.9 Å². The van der Waals surface area contributed by atoms with Crippen LogP contribution in [0.3, 0.4) is 0 Å². The smallest absolute Gasteiger partial charge is 0.139 e. The summed E-state index contributed by atoms with van der Waals surface area (Å²) in [5.74, 6) is 1.00. The SMILES string of the molecule is NC(CC1(CSc2ccc(F)cc2)CC1)=NO. The third kappa shape index (κ3) is 3.36. The number of nitrogens with two attached hydrogens (primary N) is 1. The van der Waals surface area contributed by atoms with Gasteiger partial charge in [-0.15, -0.1) is 11.8 Å². The predicted octanol–water partition coefficient (Wildman–Crippen LogP) is 2.83. The van der Waals surface area contributed by atoms with Gasteiger partial charge in [0.05, 0.1) is 0 Å². The molecule has 3 N–H and O–H groups in total. The normalized spacial score (nSPS) is 18.1. The molecule has 0 aliphatic heterocycles. The van der Waals surface area contributed by atoms with Crippen LogP contribution in [0.5, 0.6) is 0 Å². The van der Waals surface area contributed by atoms with Gasteiger partial charge in [0, 0.05) is 17.1 Å². The molecule has 0 aromatic heterocycles. The Morgan fingerprint density at radius 3 is 2.59 bits per heavy atom. The molecule has 2 rings (SSSR count). The van der Waals surface area contributed by atoms with Gasteiger partial charge in [0.15, 0.2) is 0 Å². The number of oxime groups is 1. The van der Waals surface area contributed by atoms with Crippen LogP contribution in [0, 0.1) is 11.2 Å². The van der Waals surface area contributed by atoms with Gasteiger partial charge in [-0.25, -0.2) is 4.39 Å². The van der Waals surface area contributed by atoms with Gasteiger partial charge >= 0.3 is 0 Å². The van der Waals surface area contributed by atoms with E-state index in [2.05, 4.69) is 5.16 Å². The average molecular weight is 254 g/mol. The van der Waals surface area contributed by atoms with E-state index in [-0.39, 0.29) is 11.2 Å². The van der Waals surface area contributed by atoms with Crippen molar-refractivity contribution in [3.63, 3.8) is 0 Å². The van der Waals surface area contributed by atoms with Crippen LogP contribution in [0.25, 0.3) is 0 Å². The Labute approximate surface area is 104 Å². The van der Waals surface area contributed by atoms with Gasteiger partial charge in [0.25, 0.3) is 0 Å². The fourth-order valence-corrected chi connectivity index (χ4v) is 2.93. The van der Waals surface area contributed by atoms with Crippen molar-refractivity contribution in [1.82, 2.24) is 0 Å². The van der Waals surface area contributed by atoms with Crippen LogP contribution in [0.2, 0.25) is 0 Å². The van der Waals surface area contributed by atoms with Crippen molar-refractivity contribution in [3.05, 3.63) is 30.1 Å². The van der Waals surface area contributed by atoms with Crippen LogP contribution in [-0.4, -0.2) is 16.8 Å². The molecule has 1 fully saturated rings. The Balaban J connectivity index is 1.88. The Morgan fingerprint density at radius 1 is 1.41 bits per heavy atom. The molecule has 0 unspecified atom stereocenters.